The van der Waals surface area contributed by atoms with E-state index in [9.17, 15) is 9.59 Å². The topological polar surface area (TPSA) is 103 Å². The number of carbonyl (C=O) groups excluding carboxylic acids is 2. The van der Waals surface area contributed by atoms with Gasteiger partial charge in [-0.2, -0.15) is 0 Å². The first-order valence-electron chi connectivity index (χ1n) is 10.7. The number of nitrogens with zero attached hydrogens (tertiary/aromatic N) is 3. The van der Waals surface area contributed by atoms with Gasteiger partial charge in [-0.15, -0.1) is 0 Å². The number of nitrogens with one attached hydrogen (secondary N) is 3. The molecule has 2 amide bonds. The van der Waals surface area contributed by atoms with E-state index in [1.807, 2.05) is 24.0 Å². The van der Waals surface area contributed by atoms with Crippen molar-refractivity contribution in [3.63, 3.8) is 0 Å². The van der Waals surface area contributed by atoms with Gasteiger partial charge in [0.2, 0.25) is 5.91 Å². The molecule has 2 aliphatic rings. The molecule has 1 fully saturated rings. The first-order valence-corrected chi connectivity index (χ1v) is 10.7. The summed E-state index contributed by atoms with van der Waals surface area (Å²) in [5.74, 6) is 0.425. The first kappa shape index (κ1) is 20.5. The first-order chi connectivity index (χ1) is 14.4. The maximum absolute atomic E-state index is 12.9. The second-order valence-electron chi connectivity index (χ2n) is 8.83. The van der Waals surface area contributed by atoms with Gasteiger partial charge in [-0.3, -0.25) is 19.9 Å². The number of rotatable bonds is 4. The van der Waals surface area contributed by atoms with Crippen LogP contribution in [-0.4, -0.2) is 57.3 Å². The minimum atomic E-state index is -0.393. The van der Waals surface area contributed by atoms with Crippen LogP contribution in [0.4, 0.5) is 0 Å². The summed E-state index contributed by atoms with van der Waals surface area (Å²) < 4.78 is 0. The monoisotopic (exact) mass is 410 g/mol. The Hall–Kier alpha value is -2.74. The fourth-order valence-corrected chi connectivity index (χ4v) is 4.38. The van der Waals surface area contributed by atoms with Crippen LogP contribution in [0.15, 0.2) is 24.7 Å². The molecule has 0 radical (unpaired) electrons. The van der Waals surface area contributed by atoms with Crippen LogP contribution in [0.3, 0.4) is 0 Å². The van der Waals surface area contributed by atoms with Crippen LogP contribution in [-0.2, 0) is 16.8 Å². The largest absolute Gasteiger partial charge is 0.354 e. The number of hydrogen-bond donors (Lipinski definition) is 3. The van der Waals surface area contributed by atoms with Gasteiger partial charge < -0.3 is 15.2 Å². The van der Waals surface area contributed by atoms with Gasteiger partial charge in [-0.05, 0) is 37.8 Å². The molecule has 1 atom stereocenters. The van der Waals surface area contributed by atoms with E-state index >= 15 is 0 Å². The van der Waals surface area contributed by atoms with Crippen LogP contribution in [0, 0.1) is 12.8 Å². The second-order valence-corrected chi connectivity index (χ2v) is 8.83. The third-order valence-corrected chi connectivity index (χ3v) is 6.09. The Bertz CT molecular complexity index is 912. The standard InChI is InChI=1S/C22H30N6O2/c1-14(2)11-24-20(29)18-10-17-19(26-13-25-17)22(27-18)6-8-28(9-7-22)21(30)16-5-4-15(3)23-12-16/h4-5,12-14,18,27H,6-11H2,1-3H3,(H,24,29)(H,25,26)/t18-/m0/s1. The van der Waals surface area contributed by atoms with Crippen LogP contribution in [0.5, 0.6) is 0 Å². The highest BCUT2D eigenvalue weighted by Crippen LogP contribution is 2.37. The molecule has 2 aliphatic heterocycles. The fraction of sp³-hybridized carbons (Fsp3) is 0.545. The van der Waals surface area contributed by atoms with E-state index < -0.39 is 5.54 Å². The van der Waals surface area contributed by atoms with Crippen molar-refractivity contribution in [2.75, 3.05) is 19.6 Å². The molecule has 2 aromatic heterocycles. The zero-order valence-corrected chi connectivity index (χ0v) is 17.9. The molecule has 4 heterocycles. The summed E-state index contributed by atoms with van der Waals surface area (Å²) >= 11 is 0. The molecule has 0 aliphatic carbocycles. The fourth-order valence-electron chi connectivity index (χ4n) is 4.38. The molecule has 30 heavy (non-hydrogen) atoms. The molecule has 0 bridgehead atoms. The Morgan fingerprint density at radius 2 is 2.03 bits per heavy atom. The Morgan fingerprint density at radius 3 is 2.70 bits per heavy atom. The number of imidazole rings is 1. The van der Waals surface area contributed by atoms with Crippen molar-refractivity contribution in [3.8, 4) is 0 Å². The van der Waals surface area contributed by atoms with Gasteiger partial charge in [0.05, 0.1) is 29.2 Å². The Labute approximate surface area is 176 Å². The number of amides is 2. The maximum Gasteiger partial charge on any atom is 0.255 e. The lowest BCUT2D eigenvalue weighted by atomic mass is 9.78. The maximum atomic E-state index is 12.9. The van der Waals surface area contributed by atoms with Crippen molar-refractivity contribution in [1.82, 2.24) is 30.5 Å². The lowest BCUT2D eigenvalue weighted by Crippen LogP contribution is -2.62. The number of pyridine rings is 1. The molecular weight excluding hydrogens is 380 g/mol. The number of likely N-dealkylation sites (tertiary alicyclic amines) is 1. The predicted octanol–water partition coefficient (Wildman–Crippen LogP) is 1.53. The summed E-state index contributed by atoms with van der Waals surface area (Å²) in [5.41, 5.74) is 3.11. The molecule has 2 aromatic rings. The summed E-state index contributed by atoms with van der Waals surface area (Å²) in [5, 5.41) is 6.64. The zero-order valence-electron chi connectivity index (χ0n) is 17.9. The highest BCUT2D eigenvalue weighted by molar-refractivity contribution is 5.94. The minimum absolute atomic E-state index is 0.00152. The Balaban J connectivity index is 1.48. The Morgan fingerprint density at radius 1 is 1.27 bits per heavy atom. The number of fused-ring (bicyclic) bond motifs is 2. The van der Waals surface area contributed by atoms with Crippen LogP contribution >= 0.6 is 0 Å². The molecule has 4 rings (SSSR count). The number of aromatic amines is 1. The molecule has 0 aromatic carbocycles. The number of carbonyl (C=O) groups is 2. The van der Waals surface area contributed by atoms with E-state index in [0.29, 0.717) is 50.4 Å². The van der Waals surface area contributed by atoms with E-state index in [-0.39, 0.29) is 17.9 Å². The van der Waals surface area contributed by atoms with E-state index in [0.717, 1.165) is 17.1 Å². The molecule has 0 unspecified atom stereocenters. The van der Waals surface area contributed by atoms with Crippen molar-refractivity contribution < 1.29 is 9.59 Å². The highest BCUT2D eigenvalue weighted by atomic mass is 16.2. The number of aryl methyl sites for hydroxylation is 1. The van der Waals surface area contributed by atoms with Crippen molar-refractivity contribution in [3.05, 3.63) is 47.3 Å². The predicted molar refractivity (Wildman–Crippen MR) is 113 cm³/mol. The van der Waals surface area contributed by atoms with Gasteiger partial charge >= 0.3 is 0 Å². The molecule has 160 valence electrons. The van der Waals surface area contributed by atoms with Crippen molar-refractivity contribution in [1.29, 1.82) is 0 Å². The van der Waals surface area contributed by atoms with Gasteiger partial charge in [-0.1, -0.05) is 13.8 Å². The molecule has 8 nitrogen and oxygen atoms in total. The normalized spacial score (nSPS) is 20.3. The van der Waals surface area contributed by atoms with Crippen molar-refractivity contribution >= 4 is 11.8 Å². The van der Waals surface area contributed by atoms with E-state index in [1.165, 1.54) is 0 Å². The lowest BCUT2D eigenvalue weighted by Gasteiger charge is -2.46. The minimum Gasteiger partial charge on any atom is -0.354 e. The van der Waals surface area contributed by atoms with Crippen LogP contribution in [0.1, 0.15) is 54.1 Å². The molecule has 1 saturated heterocycles. The molecular formula is C22H30N6O2. The van der Waals surface area contributed by atoms with Gasteiger partial charge in [0, 0.05) is 43.6 Å². The van der Waals surface area contributed by atoms with Gasteiger partial charge in [0.15, 0.2) is 0 Å². The third kappa shape index (κ3) is 3.96. The smallest absolute Gasteiger partial charge is 0.255 e. The number of H-pyrrole nitrogens is 1. The Kier molecular flexibility index (Phi) is 5.60. The lowest BCUT2D eigenvalue weighted by molar-refractivity contribution is -0.124. The SMILES string of the molecule is Cc1ccc(C(=O)N2CCC3(CC2)N[C@H](C(=O)NCC(C)C)Cc2[nH]cnc23)cn1. The summed E-state index contributed by atoms with van der Waals surface area (Å²) in [7, 11) is 0. The van der Waals surface area contributed by atoms with E-state index in [2.05, 4.69) is 39.4 Å². The molecule has 1 spiro atoms. The van der Waals surface area contributed by atoms with Crippen molar-refractivity contribution in [2.45, 2.75) is 51.6 Å². The third-order valence-electron chi connectivity index (χ3n) is 6.09. The number of aromatic nitrogens is 3. The van der Waals surface area contributed by atoms with Crippen molar-refractivity contribution in [2.24, 2.45) is 5.92 Å². The quantitative estimate of drug-likeness (QED) is 0.709. The second kappa shape index (κ2) is 8.18. The average Bonchev–Trinajstić information content (AvgIpc) is 3.22. The number of hydrogen-bond acceptors (Lipinski definition) is 5. The van der Waals surface area contributed by atoms with Gasteiger partial charge in [0.1, 0.15) is 0 Å². The summed E-state index contributed by atoms with van der Waals surface area (Å²) in [4.78, 5) is 39.6. The molecule has 8 heteroatoms. The summed E-state index contributed by atoms with van der Waals surface area (Å²) in [6.45, 7) is 7.94. The van der Waals surface area contributed by atoms with Gasteiger partial charge in [0.25, 0.3) is 5.91 Å². The zero-order chi connectivity index (χ0) is 21.3. The summed E-state index contributed by atoms with van der Waals surface area (Å²) in [6.07, 6.45) is 5.37. The summed E-state index contributed by atoms with van der Waals surface area (Å²) in [6, 6.07) is 3.38. The van der Waals surface area contributed by atoms with Crippen LogP contribution in [0.25, 0.3) is 0 Å². The van der Waals surface area contributed by atoms with Crippen LogP contribution in [0.2, 0.25) is 0 Å². The van der Waals surface area contributed by atoms with E-state index in [1.54, 1.807) is 12.5 Å². The number of piperidine rings is 1. The average molecular weight is 411 g/mol. The molecule has 0 saturated carbocycles. The van der Waals surface area contributed by atoms with Crippen LogP contribution < -0.4 is 10.6 Å². The van der Waals surface area contributed by atoms with E-state index in [4.69, 9.17) is 0 Å². The highest BCUT2D eigenvalue weighted by Gasteiger charge is 2.46. The van der Waals surface area contributed by atoms with Gasteiger partial charge in [-0.25, -0.2) is 4.98 Å². The molecule has 3 N–H and O–H groups in total.